The van der Waals surface area contributed by atoms with E-state index in [1.165, 1.54) is 29.1 Å². The van der Waals surface area contributed by atoms with Gasteiger partial charge in [-0.2, -0.15) is 0 Å². The zero-order chi connectivity index (χ0) is 20.8. The number of halogens is 3. The summed E-state index contributed by atoms with van der Waals surface area (Å²) in [6.45, 7) is -0.510. The van der Waals surface area contributed by atoms with Gasteiger partial charge in [0.05, 0.1) is 12.9 Å². The van der Waals surface area contributed by atoms with Crippen LogP contribution in [0.25, 0.3) is 22.4 Å². The van der Waals surface area contributed by atoms with Gasteiger partial charge in [0.15, 0.2) is 11.9 Å². The number of aromatic nitrogens is 4. The summed E-state index contributed by atoms with van der Waals surface area (Å²) in [6, 6.07) is 5.46. The second-order valence-corrected chi connectivity index (χ2v) is 6.32. The van der Waals surface area contributed by atoms with Crippen molar-refractivity contribution in [2.75, 3.05) is 6.61 Å². The number of ether oxygens (including phenoxy) is 2. The third-order valence-electron chi connectivity index (χ3n) is 4.52. The molecule has 3 aromatic rings. The zero-order valence-corrected chi connectivity index (χ0v) is 14.6. The molecule has 1 aliphatic heterocycles. The van der Waals surface area contributed by atoms with Crippen molar-refractivity contribution < 1.29 is 38.0 Å². The van der Waals surface area contributed by atoms with Crippen LogP contribution in [0, 0.1) is 0 Å². The lowest BCUT2D eigenvalue weighted by atomic mass is 10.1. The van der Waals surface area contributed by atoms with Gasteiger partial charge in [0, 0.05) is 5.56 Å². The molecule has 0 radical (unpaired) electrons. The molecule has 1 fully saturated rings. The summed E-state index contributed by atoms with van der Waals surface area (Å²) in [6.07, 6.45) is -7.31. The lowest BCUT2D eigenvalue weighted by Gasteiger charge is -2.16. The van der Waals surface area contributed by atoms with Gasteiger partial charge < -0.3 is 24.8 Å². The molecule has 4 atom stereocenters. The second-order valence-electron chi connectivity index (χ2n) is 6.32. The number of imidazole rings is 1. The molecule has 0 unspecified atom stereocenters. The van der Waals surface area contributed by atoms with Crippen LogP contribution in [0.15, 0.2) is 36.9 Å². The van der Waals surface area contributed by atoms with Crippen molar-refractivity contribution in [3.8, 4) is 17.0 Å². The van der Waals surface area contributed by atoms with E-state index in [4.69, 9.17) is 4.74 Å². The highest BCUT2D eigenvalue weighted by Crippen LogP contribution is 2.37. The highest BCUT2D eigenvalue weighted by atomic mass is 19.4. The lowest BCUT2D eigenvalue weighted by Crippen LogP contribution is -2.33. The molecule has 0 aliphatic carbocycles. The zero-order valence-electron chi connectivity index (χ0n) is 14.6. The maximum absolute atomic E-state index is 12.7. The largest absolute Gasteiger partial charge is 0.573 e. The Morgan fingerprint density at radius 3 is 2.55 bits per heavy atom. The van der Waals surface area contributed by atoms with E-state index in [-0.39, 0.29) is 22.4 Å². The maximum Gasteiger partial charge on any atom is 0.573 e. The van der Waals surface area contributed by atoms with Gasteiger partial charge in [-0.15, -0.1) is 13.2 Å². The fourth-order valence-corrected chi connectivity index (χ4v) is 3.22. The van der Waals surface area contributed by atoms with E-state index in [1.807, 2.05) is 0 Å². The number of aliphatic hydroxyl groups is 3. The van der Waals surface area contributed by atoms with Crippen molar-refractivity contribution in [1.82, 2.24) is 19.5 Å². The van der Waals surface area contributed by atoms with Gasteiger partial charge in [0.25, 0.3) is 0 Å². The summed E-state index contributed by atoms with van der Waals surface area (Å²) >= 11 is 0. The number of hydrogen-bond donors (Lipinski definition) is 3. The number of benzene rings is 1. The van der Waals surface area contributed by atoms with Crippen LogP contribution in [0.3, 0.4) is 0 Å². The van der Waals surface area contributed by atoms with Crippen molar-refractivity contribution in [2.45, 2.75) is 30.9 Å². The number of hydrogen-bond acceptors (Lipinski definition) is 8. The summed E-state index contributed by atoms with van der Waals surface area (Å²) in [4.78, 5) is 12.3. The Bertz CT molecular complexity index is 1030. The van der Waals surface area contributed by atoms with Gasteiger partial charge in [0.1, 0.15) is 41.6 Å². The summed E-state index contributed by atoms with van der Waals surface area (Å²) in [5.74, 6) is -0.456. The minimum atomic E-state index is -4.89. The van der Waals surface area contributed by atoms with Gasteiger partial charge in [-0.1, -0.05) is 12.1 Å². The van der Waals surface area contributed by atoms with Gasteiger partial charge in [0.2, 0.25) is 0 Å². The molecule has 0 spiro atoms. The van der Waals surface area contributed by atoms with Crippen molar-refractivity contribution in [1.29, 1.82) is 0 Å². The van der Waals surface area contributed by atoms with Crippen LogP contribution in [0.4, 0.5) is 13.2 Å². The molecule has 1 saturated heterocycles. The van der Waals surface area contributed by atoms with E-state index in [1.54, 1.807) is 0 Å². The number of aliphatic hydroxyl groups excluding tert-OH is 3. The Hall–Kier alpha value is -2.80. The van der Waals surface area contributed by atoms with Crippen LogP contribution in [0.2, 0.25) is 0 Å². The number of rotatable bonds is 4. The minimum Gasteiger partial charge on any atom is -0.405 e. The summed E-state index contributed by atoms with van der Waals surface area (Å²) in [5.41, 5.74) is 0.430. The Balaban J connectivity index is 1.79. The molecule has 29 heavy (non-hydrogen) atoms. The van der Waals surface area contributed by atoms with Crippen LogP contribution in [0.1, 0.15) is 6.23 Å². The van der Waals surface area contributed by atoms with Crippen LogP contribution in [-0.4, -0.2) is 66.1 Å². The predicted octanol–water partition coefficient (Wildman–Crippen LogP) is 1.00. The molecule has 12 heteroatoms. The number of nitrogens with zero attached hydrogens (tertiary/aromatic N) is 4. The molecular formula is C17H15F3N4O5. The normalized spacial score (nSPS) is 24.9. The topological polar surface area (TPSA) is 123 Å². The lowest BCUT2D eigenvalue weighted by molar-refractivity contribution is -0.274. The third-order valence-corrected chi connectivity index (χ3v) is 4.52. The fourth-order valence-electron chi connectivity index (χ4n) is 3.22. The highest BCUT2D eigenvalue weighted by molar-refractivity contribution is 5.89. The van der Waals surface area contributed by atoms with Crippen LogP contribution < -0.4 is 4.74 Å². The summed E-state index contributed by atoms with van der Waals surface area (Å²) in [5, 5.41) is 29.4. The van der Waals surface area contributed by atoms with Gasteiger partial charge in [-0.25, -0.2) is 15.0 Å². The molecule has 1 aromatic carbocycles. The number of fused-ring (bicyclic) bond motifs is 1. The molecular weight excluding hydrogens is 397 g/mol. The first-order valence-corrected chi connectivity index (χ1v) is 8.45. The predicted molar refractivity (Wildman–Crippen MR) is 90.5 cm³/mol. The van der Waals surface area contributed by atoms with E-state index in [0.29, 0.717) is 0 Å². The van der Waals surface area contributed by atoms with Crippen molar-refractivity contribution in [2.24, 2.45) is 0 Å². The molecule has 0 bridgehead atoms. The Morgan fingerprint density at radius 1 is 1.10 bits per heavy atom. The quantitative estimate of drug-likeness (QED) is 0.580. The summed E-state index contributed by atoms with van der Waals surface area (Å²) in [7, 11) is 0. The number of alkyl halides is 3. The highest BCUT2D eigenvalue weighted by Gasteiger charge is 2.44. The smallest absolute Gasteiger partial charge is 0.405 e. The number of para-hydroxylation sites is 1. The van der Waals surface area contributed by atoms with E-state index in [2.05, 4.69) is 19.7 Å². The minimum absolute atomic E-state index is 0.0450. The molecule has 154 valence electrons. The Kier molecular flexibility index (Phi) is 4.86. The van der Waals surface area contributed by atoms with E-state index in [0.717, 1.165) is 12.4 Å². The van der Waals surface area contributed by atoms with Crippen LogP contribution in [-0.2, 0) is 4.74 Å². The molecule has 9 nitrogen and oxygen atoms in total. The van der Waals surface area contributed by atoms with E-state index >= 15 is 0 Å². The standard InChI is InChI=1S/C17H15F3N4O5/c18-17(19,20)29-9-4-2-1-3-8(9)11-12-15(22-6-21-11)24(7-23-12)16-14(27)13(26)10(5-25)28-16/h1-4,6-7,10,13-14,16,25-27H,5H2/t10-,13-,14-,16-/m1/s1. The fraction of sp³-hybridized carbons (Fsp3) is 0.353. The Labute approximate surface area is 161 Å². The van der Waals surface area contributed by atoms with Crippen molar-refractivity contribution in [3.63, 3.8) is 0 Å². The Morgan fingerprint density at radius 2 is 1.86 bits per heavy atom. The van der Waals surface area contributed by atoms with Crippen LogP contribution >= 0.6 is 0 Å². The first-order valence-electron chi connectivity index (χ1n) is 8.45. The third kappa shape index (κ3) is 3.51. The van der Waals surface area contributed by atoms with Gasteiger partial charge >= 0.3 is 6.36 Å². The van der Waals surface area contributed by atoms with E-state index < -0.39 is 43.3 Å². The molecule has 2 aromatic heterocycles. The average molecular weight is 412 g/mol. The van der Waals surface area contributed by atoms with Crippen LogP contribution in [0.5, 0.6) is 5.75 Å². The monoisotopic (exact) mass is 412 g/mol. The first kappa shape index (κ1) is 19.5. The van der Waals surface area contributed by atoms with Crippen molar-refractivity contribution in [3.05, 3.63) is 36.9 Å². The first-order chi connectivity index (χ1) is 13.8. The molecule has 0 saturated carbocycles. The van der Waals surface area contributed by atoms with E-state index in [9.17, 15) is 28.5 Å². The molecule has 0 amide bonds. The molecule has 1 aliphatic rings. The molecule has 3 N–H and O–H groups in total. The molecule has 4 rings (SSSR count). The van der Waals surface area contributed by atoms with Gasteiger partial charge in [-0.3, -0.25) is 4.57 Å². The maximum atomic E-state index is 12.7. The molecule has 3 heterocycles. The van der Waals surface area contributed by atoms with Gasteiger partial charge in [-0.05, 0) is 12.1 Å². The second kappa shape index (κ2) is 7.22. The average Bonchev–Trinajstić information content (AvgIpc) is 3.22. The van der Waals surface area contributed by atoms with Crippen molar-refractivity contribution >= 4 is 11.2 Å². The summed E-state index contributed by atoms with van der Waals surface area (Å²) < 4.78 is 49.1. The SMILES string of the molecule is OC[C@H]1O[C@@H](n2cnc3c(-c4ccccc4OC(F)(F)F)ncnc32)[C@H](O)[C@@H]1O.